The fourth-order valence-corrected chi connectivity index (χ4v) is 5.73. The topological polar surface area (TPSA) is 86.9 Å². The molecule has 2 aromatic carbocycles. The van der Waals surface area contributed by atoms with Crippen LogP contribution in [0.25, 0.3) is 10.9 Å². The molecule has 0 spiro atoms. The largest absolute Gasteiger partial charge is 0.383 e. The summed E-state index contributed by atoms with van der Waals surface area (Å²) in [5.41, 5.74) is 3.13. The Kier molecular flexibility index (Phi) is 7.20. The van der Waals surface area contributed by atoms with Crippen LogP contribution in [0.5, 0.6) is 0 Å². The Balaban J connectivity index is 1.71. The first-order valence-electron chi connectivity index (χ1n) is 12.6. The van der Waals surface area contributed by atoms with Gasteiger partial charge in [-0.2, -0.15) is 0 Å². The number of morpholine rings is 1. The lowest BCUT2D eigenvalue weighted by Gasteiger charge is -2.53. The van der Waals surface area contributed by atoms with E-state index in [4.69, 9.17) is 9.47 Å². The summed E-state index contributed by atoms with van der Waals surface area (Å²) < 4.78 is 11.4. The van der Waals surface area contributed by atoms with Crippen LogP contribution in [0.3, 0.4) is 0 Å². The van der Waals surface area contributed by atoms with Crippen LogP contribution in [0.1, 0.15) is 34.3 Å². The van der Waals surface area contributed by atoms with Crippen LogP contribution in [-0.2, 0) is 15.3 Å². The molecule has 2 unspecified atom stereocenters. The molecule has 36 heavy (non-hydrogen) atoms. The van der Waals surface area contributed by atoms with Gasteiger partial charge >= 0.3 is 0 Å². The maximum atomic E-state index is 13.8. The van der Waals surface area contributed by atoms with Crippen molar-refractivity contribution < 1.29 is 14.3 Å². The highest BCUT2D eigenvalue weighted by Gasteiger charge is 2.50. The molecule has 8 nitrogen and oxygen atoms in total. The second-order valence-electron chi connectivity index (χ2n) is 9.61. The molecule has 0 aliphatic carbocycles. The molecule has 3 heterocycles. The van der Waals surface area contributed by atoms with Gasteiger partial charge in [-0.25, -0.2) is 0 Å². The Morgan fingerprint density at radius 1 is 1.14 bits per heavy atom. The molecule has 8 heteroatoms. The normalized spacial score (nSPS) is 20.9. The van der Waals surface area contributed by atoms with Gasteiger partial charge in [0, 0.05) is 60.9 Å². The number of pyridine rings is 1. The van der Waals surface area contributed by atoms with E-state index in [1.165, 1.54) is 0 Å². The summed E-state index contributed by atoms with van der Waals surface area (Å²) in [7, 11) is 1.73. The van der Waals surface area contributed by atoms with E-state index in [-0.39, 0.29) is 17.5 Å². The quantitative estimate of drug-likeness (QED) is 0.530. The molecule has 2 atom stereocenters. The van der Waals surface area contributed by atoms with Crippen LogP contribution in [0.2, 0.25) is 0 Å². The molecule has 2 N–H and O–H groups in total. The number of likely N-dealkylation sites (tertiary alicyclic amines) is 1. The predicted octanol–water partition coefficient (Wildman–Crippen LogP) is 2.82. The Bertz CT molecular complexity index is 1270. The highest BCUT2D eigenvalue weighted by molar-refractivity contribution is 5.94. The van der Waals surface area contributed by atoms with Gasteiger partial charge in [0.05, 0.1) is 19.8 Å². The van der Waals surface area contributed by atoms with Crippen molar-refractivity contribution in [1.29, 1.82) is 0 Å². The Hall–Kier alpha value is -3.04. The van der Waals surface area contributed by atoms with Crippen LogP contribution in [0.4, 0.5) is 0 Å². The zero-order valence-corrected chi connectivity index (χ0v) is 21.0. The number of fused-ring (bicyclic) bond motifs is 1. The van der Waals surface area contributed by atoms with E-state index in [0.717, 1.165) is 41.4 Å². The SMILES string of the molecule is COCC1CCCN1C(NC(=O)c1ccccc1)(c1ccc2[nH]c(=O)cc(C)c2c1)N1CCOCC1. The molecular weight excluding hydrogens is 456 g/mol. The van der Waals surface area contributed by atoms with E-state index >= 15 is 0 Å². The van der Waals surface area contributed by atoms with Crippen molar-refractivity contribution >= 4 is 16.8 Å². The molecule has 190 valence electrons. The van der Waals surface area contributed by atoms with Crippen molar-refractivity contribution in [3.05, 3.63) is 81.6 Å². The van der Waals surface area contributed by atoms with Crippen molar-refractivity contribution in [3.63, 3.8) is 0 Å². The minimum Gasteiger partial charge on any atom is -0.383 e. The third kappa shape index (κ3) is 4.57. The third-order valence-electron chi connectivity index (χ3n) is 7.40. The summed E-state index contributed by atoms with van der Waals surface area (Å²) in [5, 5.41) is 4.45. The maximum Gasteiger partial charge on any atom is 0.254 e. The molecule has 2 aliphatic rings. The lowest BCUT2D eigenvalue weighted by atomic mass is 9.97. The van der Waals surface area contributed by atoms with Gasteiger partial charge in [-0.3, -0.25) is 19.4 Å². The molecule has 0 radical (unpaired) electrons. The number of rotatable bonds is 7. The summed E-state index contributed by atoms with van der Waals surface area (Å²) in [6, 6.07) is 17.2. The van der Waals surface area contributed by atoms with Crippen LogP contribution in [0.15, 0.2) is 59.4 Å². The third-order valence-corrected chi connectivity index (χ3v) is 7.40. The molecule has 2 fully saturated rings. The van der Waals surface area contributed by atoms with E-state index in [1.54, 1.807) is 13.2 Å². The zero-order chi connectivity index (χ0) is 25.1. The van der Waals surface area contributed by atoms with Gasteiger partial charge in [-0.05, 0) is 49.6 Å². The average Bonchev–Trinajstić information content (AvgIpc) is 3.37. The van der Waals surface area contributed by atoms with Gasteiger partial charge in [0.25, 0.3) is 5.91 Å². The van der Waals surface area contributed by atoms with Gasteiger partial charge in [0.2, 0.25) is 5.56 Å². The van der Waals surface area contributed by atoms with Crippen molar-refractivity contribution in [2.75, 3.05) is 46.6 Å². The highest BCUT2D eigenvalue weighted by Crippen LogP contribution is 2.38. The predicted molar refractivity (Wildman–Crippen MR) is 139 cm³/mol. The average molecular weight is 491 g/mol. The lowest BCUT2D eigenvalue weighted by Crippen LogP contribution is -2.70. The summed E-state index contributed by atoms with van der Waals surface area (Å²) in [4.78, 5) is 33.6. The molecule has 5 rings (SSSR count). The molecule has 0 saturated carbocycles. The number of aryl methyl sites for hydroxylation is 1. The standard InChI is InChI=1S/C28H34N4O4/c1-20-17-26(33)29-25-11-10-22(18-24(20)25)28(31-13-15-36-16-14-31,32-12-6-9-23(32)19-35-2)30-27(34)21-7-4-3-5-8-21/h3-5,7-8,10-11,17-18,23H,6,9,12-16,19H2,1-2H3,(H,29,33)(H,30,34). The van der Waals surface area contributed by atoms with Crippen molar-refractivity contribution in [1.82, 2.24) is 20.1 Å². The summed E-state index contributed by atoms with van der Waals surface area (Å²) in [6.07, 6.45) is 2.00. The monoisotopic (exact) mass is 490 g/mol. The smallest absolute Gasteiger partial charge is 0.254 e. The zero-order valence-electron chi connectivity index (χ0n) is 21.0. The minimum atomic E-state index is -0.910. The van der Waals surface area contributed by atoms with E-state index in [9.17, 15) is 9.59 Å². The highest BCUT2D eigenvalue weighted by atomic mass is 16.5. The van der Waals surface area contributed by atoms with Crippen molar-refractivity contribution in [3.8, 4) is 0 Å². The van der Waals surface area contributed by atoms with Crippen LogP contribution in [-0.4, -0.2) is 73.3 Å². The summed E-state index contributed by atoms with van der Waals surface area (Å²) in [5.74, 6) is -1.05. The minimum absolute atomic E-state index is 0.121. The molecule has 2 saturated heterocycles. The van der Waals surface area contributed by atoms with Gasteiger partial charge < -0.3 is 19.8 Å². The van der Waals surface area contributed by atoms with E-state index in [1.807, 2.05) is 49.4 Å². The fourth-order valence-electron chi connectivity index (χ4n) is 5.73. The first-order chi connectivity index (χ1) is 17.5. The van der Waals surface area contributed by atoms with Gasteiger partial charge in [0.1, 0.15) is 0 Å². The number of methoxy groups -OCH3 is 1. The first kappa shape index (κ1) is 24.6. The molecule has 1 aromatic heterocycles. The number of H-pyrrole nitrogens is 1. The van der Waals surface area contributed by atoms with Crippen LogP contribution >= 0.6 is 0 Å². The molecule has 2 aliphatic heterocycles. The number of aromatic nitrogens is 1. The molecular formula is C28H34N4O4. The summed E-state index contributed by atoms with van der Waals surface area (Å²) >= 11 is 0. The Labute approximate surface area is 211 Å². The number of nitrogens with zero attached hydrogens (tertiary/aromatic N) is 2. The lowest BCUT2D eigenvalue weighted by molar-refractivity contribution is -0.132. The maximum absolute atomic E-state index is 13.8. The number of carbonyl (C=O) groups excluding carboxylic acids is 1. The van der Waals surface area contributed by atoms with Gasteiger partial charge in [0.15, 0.2) is 5.79 Å². The second kappa shape index (κ2) is 10.5. The van der Waals surface area contributed by atoms with Crippen LogP contribution in [0, 0.1) is 6.92 Å². The van der Waals surface area contributed by atoms with E-state index < -0.39 is 5.79 Å². The number of hydrogen-bond donors (Lipinski definition) is 2. The molecule has 3 aromatic rings. The van der Waals surface area contributed by atoms with Crippen molar-refractivity contribution in [2.24, 2.45) is 0 Å². The Morgan fingerprint density at radius 3 is 2.67 bits per heavy atom. The van der Waals surface area contributed by atoms with Gasteiger partial charge in [-0.15, -0.1) is 0 Å². The molecule has 1 amide bonds. The van der Waals surface area contributed by atoms with E-state index in [0.29, 0.717) is 38.5 Å². The van der Waals surface area contributed by atoms with Gasteiger partial charge in [-0.1, -0.05) is 24.3 Å². The number of ether oxygens (including phenoxy) is 2. The fraction of sp³-hybridized carbons (Fsp3) is 0.429. The summed E-state index contributed by atoms with van der Waals surface area (Å²) in [6.45, 7) is 5.87. The number of benzene rings is 2. The number of amides is 1. The molecule has 0 bridgehead atoms. The number of carbonyl (C=O) groups is 1. The number of nitrogens with one attached hydrogen (secondary N) is 2. The van der Waals surface area contributed by atoms with Crippen molar-refractivity contribution in [2.45, 2.75) is 31.6 Å². The first-order valence-corrected chi connectivity index (χ1v) is 12.6. The van der Waals surface area contributed by atoms with Crippen LogP contribution < -0.4 is 10.9 Å². The number of aromatic amines is 1. The number of hydrogen-bond acceptors (Lipinski definition) is 6. The Morgan fingerprint density at radius 2 is 1.92 bits per heavy atom. The second-order valence-corrected chi connectivity index (χ2v) is 9.61. The van der Waals surface area contributed by atoms with E-state index in [2.05, 4.69) is 26.2 Å².